The summed E-state index contributed by atoms with van der Waals surface area (Å²) < 4.78 is 6.69. The van der Waals surface area contributed by atoms with Gasteiger partial charge in [-0.3, -0.25) is 4.79 Å². The second-order valence-corrected chi connectivity index (χ2v) is 10.0. The number of morpholine rings is 1. The number of carbonyl (C=O) groups excluding carboxylic acids is 1. The van der Waals surface area contributed by atoms with Gasteiger partial charge in [0.1, 0.15) is 12.2 Å². The zero-order valence-corrected chi connectivity index (χ0v) is 21.8. The summed E-state index contributed by atoms with van der Waals surface area (Å²) in [5.41, 5.74) is 2.86. The minimum absolute atomic E-state index is 0.128. The Morgan fingerprint density at radius 1 is 1.18 bits per heavy atom. The van der Waals surface area contributed by atoms with E-state index in [4.69, 9.17) is 16.3 Å². The molecule has 0 bridgehead atoms. The maximum Gasteiger partial charge on any atom is 0.253 e. The monoisotopic (exact) mass is 528 g/mol. The number of hydrogen-bond donors (Lipinski definition) is 1. The van der Waals surface area contributed by atoms with Gasteiger partial charge in [-0.15, -0.1) is 10.2 Å². The molecule has 1 aliphatic heterocycles. The highest BCUT2D eigenvalue weighted by atomic mass is 35.5. The second kappa shape index (κ2) is 11.7. The Kier molecular flexibility index (Phi) is 7.97. The van der Waals surface area contributed by atoms with Crippen LogP contribution in [0.4, 0.5) is 0 Å². The predicted molar refractivity (Wildman–Crippen MR) is 142 cm³/mol. The molecule has 1 aliphatic carbocycles. The van der Waals surface area contributed by atoms with E-state index in [9.17, 15) is 10.1 Å². The number of aromatic amines is 1. The molecule has 1 aromatic heterocycles. The van der Waals surface area contributed by atoms with Gasteiger partial charge in [-0.05, 0) is 41.7 Å². The summed E-state index contributed by atoms with van der Waals surface area (Å²) in [6, 6.07) is 19.0. The molecule has 1 amide bonds. The number of benzene rings is 2. The molecule has 2 aliphatic rings. The van der Waals surface area contributed by atoms with E-state index in [2.05, 4.69) is 33.6 Å². The summed E-state index contributed by atoms with van der Waals surface area (Å²) in [6.07, 6.45) is 7.22. The topological polar surface area (TPSA) is 108 Å². The van der Waals surface area contributed by atoms with Crippen molar-refractivity contribution >= 4 is 17.5 Å². The first kappa shape index (κ1) is 25.8. The Hall–Kier alpha value is -3.80. The van der Waals surface area contributed by atoms with E-state index >= 15 is 0 Å². The van der Waals surface area contributed by atoms with Gasteiger partial charge in [0.25, 0.3) is 5.91 Å². The number of aromatic nitrogens is 4. The fraction of sp³-hybridized carbons (Fsp3) is 0.345. The van der Waals surface area contributed by atoms with E-state index in [0.29, 0.717) is 30.1 Å². The smallest absolute Gasteiger partial charge is 0.253 e. The fourth-order valence-corrected chi connectivity index (χ4v) is 5.37. The molecule has 3 aromatic rings. The predicted octanol–water partition coefficient (Wildman–Crippen LogP) is 5.82. The maximum absolute atomic E-state index is 14.3. The molecule has 5 rings (SSSR count). The van der Waals surface area contributed by atoms with E-state index in [1.807, 2.05) is 77.7 Å². The van der Waals surface area contributed by atoms with Crippen molar-refractivity contribution in [2.24, 2.45) is 5.92 Å². The average Bonchev–Trinajstić information content (AvgIpc) is 3.49. The van der Waals surface area contributed by atoms with E-state index < -0.39 is 24.3 Å². The number of halogens is 1. The minimum Gasteiger partial charge on any atom is -0.358 e. The molecule has 9 heteroatoms. The lowest BCUT2D eigenvalue weighted by atomic mass is 9.88. The zero-order chi connectivity index (χ0) is 26.5. The van der Waals surface area contributed by atoms with Crippen molar-refractivity contribution in [2.75, 3.05) is 0 Å². The van der Waals surface area contributed by atoms with Gasteiger partial charge >= 0.3 is 0 Å². The largest absolute Gasteiger partial charge is 0.358 e. The number of carbonyl (C=O) groups is 1. The van der Waals surface area contributed by atoms with Crippen LogP contribution in [-0.2, 0) is 9.53 Å². The van der Waals surface area contributed by atoms with Crippen LogP contribution in [0.1, 0.15) is 67.7 Å². The van der Waals surface area contributed by atoms with Crippen LogP contribution in [0, 0.1) is 17.2 Å². The third kappa shape index (κ3) is 5.40. The number of amides is 1. The lowest BCUT2D eigenvalue weighted by Gasteiger charge is -2.47. The highest BCUT2D eigenvalue weighted by Crippen LogP contribution is 2.47. The first-order valence-corrected chi connectivity index (χ1v) is 13.2. The van der Waals surface area contributed by atoms with Gasteiger partial charge in [0, 0.05) is 11.4 Å². The van der Waals surface area contributed by atoms with Crippen LogP contribution in [-0.4, -0.2) is 37.5 Å². The maximum atomic E-state index is 14.3. The number of nitriles is 1. The van der Waals surface area contributed by atoms with Crippen molar-refractivity contribution in [1.29, 1.82) is 5.26 Å². The third-order valence-corrected chi connectivity index (χ3v) is 7.34. The molecule has 8 nitrogen and oxygen atoms in total. The number of hydrogen-bond acceptors (Lipinski definition) is 6. The van der Waals surface area contributed by atoms with Crippen LogP contribution in [0.5, 0.6) is 0 Å². The molecule has 0 saturated carbocycles. The molecule has 0 spiro atoms. The molecule has 1 fully saturated rings. The number of nitrogens with one attached hydrogen (secondary N) is 1. The van der Waals surface area contributed by atoms with Crippen LogP contribution in [0.2, 0.25) is 5.02 Å². The molecule has 2 heterocycles. The number of allylic oxidation sites excluding steroid dienone is 3. The summed E-state index contributed by atoms with van der Waals surface area (Å²) in [5, 5.41) is 24.8. The molecule has 5 atom stereocenters. The number of rotatable bonds is 8. The van der Waals surface area contributed by atoms with Crippen molar-refractivity contribution in [3.8, 4) is 6.07 Å². The third-order valence-electron chi connectivity index (χ3n) is 7.09. The Bertz CT molecular complexity index is 1330. The standard InChI is InChI=1S/C29H29ClN6O2/c1-2-6-24(28-32-34-35-33-28)36-26(21-13-15-23(30)16-14-21)27(22-7-4-3-5-8-22)38-25(29(36)37)17-19-9-11-20(18-31)12-10-19/h3-5,7-11,13-16,20,24-27H,2,6,12,17H2,1H3,(H,32,33,34,35)/t20?,24-,25+,26-,27+/m1/s1. The fourth-order valence-electron chi connectivity index (χ4n) is 5.24. The molecular formula is C29H29ClN6O2. The lowest BCUT2D eigenvalue weighted by molar-refractivity contribution is -0.180. The highest BCUT2D eigenvalue weighted by Gasteiger charge is 2.47. The number of ether oxygens (including phenoxy) is 1. The Balaban J connectivity index is 1.60. The van der Waals surface area contributed by atoms with Crippen LogP contribution in [0.15, 0.2) is 78.4 Å². The average molecular weight is 529 g/mol. The molecule has 1 N–H and O–H groups in total. The van der Waals surface area contributed by atoms with Gasteiger partial charge in [-0.25, -0.2) is 0 Å². The normalized spacial score (nSPS) is 24.1. The second-order valence-electron chi connectivity index (χ2n) is 9.59. The van der Waals surface area contributed by atoms with Gasteiger partial charge in [0.2, 0.25) is 0 Å². The Morgan fingerprint density at radius 2 is 1.97 bits per heavy atom. The van der Waals surface area contributed by atoms with Gasteiger partial charge in [-0.1, -0.05) is 90.9 Å². The molecular weight excluding hydrogens is 500 g/mol. The van der Waals surface area contributed by atoms with Crippen molar-refractivity contribution < 1.29 is 9.53 Å². The first-order chi connectivity index (χ1) is 18.6. The summed E-state index contributed by atoms with van der Waals surface area (Å²) in [6.45, 7) is 2.07. The zero-order valence-electron chi connectivity index (χ0n) is 21.1. The quantitative estimate of drug-likeness (QED) is 0.394. The summed E-state index contributed by atoms with van der Waals surface area (Å²) >= 11 is 6.24. The van der Waals surface area contributed by atoms with E-state index in [1.165, 1.54) is 0 Å². The SMILES string of the molecule is CCC[C@H](c1nn[nH]n1)N1C(=O)[C@H](CC2=CCC(C#N)C=C2)O[C@@H](c2ccccc2)[C@H]1c1ccc(Cl)cc1. The van der Waals surface area contributed by atoms with Crippen molar-refractivity contribution in [3.63, 3.8) is 0 Å². The van der Waals surface area contributed by atoms with Gasteiger partial charge in [0.15, 0.2) is 5.82 Å². The number of tetrazole rings is 1. The van der Waals surface area contributed by atoms with Gasteiger partial charge in [-0.2, -0.15) is 10.5 Å². The van der Waals surface area contributed by atoms with Crippen molar-refractivity contribution in [3.05, 3.63) is 100 Å². The van der Waals surface area contributed by atoms with Crippen LogP contribution in [0.25, 0.3) is 0 Å². The van der Waals surface area contributed by atoms with Crippen molar-refractivity contribution in [1.82, 2.24) is 25.5 Å². The molecule has 0 radical (unpaired) electrons. The summed E-state index contributed by atoms with van der Waals surface area (Å²) in [5.74, 6) is 0.203. The molecule has 2 aromatic carbocycles. The summed E-state index contributed by atoms with van der Waals surface area (Å²) in [4.78, 5) is 16.2. The van der Waals surface area contributed by atoms with Gasteiger partial charge < -0.3 is 9.64 Å². The molecule has 1 unspecified atom stereocenters. The van der Waals surface area contributed by atoms with E-state index in [-0.39, 0.29) is 11.8 Å². The Morgan fingerprint density at radius 3 is 2.61 bits per heavy atom. The summed E-state index contributed by atoms with van der Waals surface area (Å²) in [7, 11) is 0. The van der Waals surface area contributed by atoms with E-state index in [0.717, 1.165) is 23.1 Å². The molecule has 1 saturated heterocycles. The minimum atomic E-state index is -0.718. The number of H-pyrrole nitrogens is 1. The van der Waals surface area contributed by atoms with Gasteiger partial charge in [0.05, 0.1) is 24.1 Å². The molecule has 194 valence electrons. The van der Waals surface area contributed by atoms with Crippen molar-refractivity contribution in [2.45, 2.75) is 56.9 Å². The highest BCUT2D eigenvalue weighted by molar-refractivity contribution is 6.30. The first-order valence-electron chi connectivity index (χ1n) is 12.9. The molecule has 38 heavy (non-hydrogen) atoms. The van der Waals surface area contributed by atoms with Crippen LogP contribution < -0.4 is 0 Å². The lowest BCUT2D eigenvalue weighted by Crippen LogP contribution is -2.52. The van der Waals surface area contributed by atoms with Crippen LogP contribution >= 0.6 is 11.6 Å². The number of nitrogens with zero attached hydrogens (tertiary/aromatic N) is 5. The van der Waals surface area contributed by atoms with E-state index in [1.54, 1.807) is 0 Å². The van der Waals surface area contributed by atoms with Crippen LogP contribution in [0.3, 0.4) is 0 Å². The Labute approximate surface area is 226 Å².